The van der Waals surface area contributed by atoms with E-state index in [1.165, 1.54) is 0 Å². The molecule has 0 saturated heterocycles. The second-order valence-corrected chi connectivity index (χ2v) is 3.57. The molecule has 0 aliphatic heterocycles. The highest BCUT2D eigenvalue weighted by Gasteiger charge is 2.03. The predicted octanol–water partition coefficient (Wildman–Crippen LogP) is 1.23. The molecule has 2 aromatic rings. The standard InChI is InChI=1S/C11H15N5/c1-3-12-10-5-4-9(14-15-10)8-11-13-6-7-16(11)2/h4-7H,3,8H2,1-2H3,(H,12,15). The average Bonchev–Trinajstić information content (AvgIpc) is 2.68. The number of nitrogens with one attached hydrogen (secondary N) is 1. The van der Waals surface area contributed by atoms with E-state index in [4.69, 9.17) is 0 Å². The lowest BCUT2D eigenvalue weighted by molar-refractivity contribution is 0.799. The highest BCUT2D eigenvalue weighted by Crippen LogP contribution is 2.06. The van der Waals surface area contributed by atoms with E-state index in [9.17, 15) is 0 Å². The SMILES string of the molecule is CCNc1ccc(Cc2nccn2C)nn1. The minimum absolute atomic E-state index is 0.711. The minimum Gasteiger partial charge on any atom is -0.369 e. The second-order valence-electron chi connectivity index (χ2n) is 3.57. The van der Waals surface area contributed by atoms with E-state index in [0.717, 1.165) is 23.9 Å². The lowest BCUT2D eigenvalue weighted by Crippen LogP contribution is -2.04. The van der Waals surface area contributed by atoms with Gasteiger partial charge < -0.3 is 9.88 Å². The summed E-state index contributed by atoms with van der Waals surface area (Å²) >= 11 is 0. The Kier molecular flexibility index (Phi) is 3.14. The summed E-state index contributed by atoms with van der Waals surface area (Å²) in [6, 6.07) is 3.91. The van der Waals surface area contributed by atoms with Crippen molar-refractivity contribution in [2.45, 2.75) is 13.3 Å². The third-order valence-electron chi connectivity index (χ3n) is 2.34. The molecule has 16 heavy (non-hydrogen) atoms. The predicted molar refractivity (Wildman–Crippen MR) is 62.2 cm³/mol. The highest BCUT2D eigenvalue weighted by atomic mass is 15.2. The Bertz CT molecular complexity index is 446. The molecule has 2 aromatic heterocycles. The molecule has 0 unspecified atom stereocenters. The van der Waals surface area contributed by atoms with Crippen LogP contribution in [-0.4, -0.2) is 26.3 Å². The van der Waals surface area contributed by atoms with Crippen molar-refractivity contribution in [3.8, 4) is 0 Å². The van der Waals surface area contributed by atoms with Crippen molar-refractivity contribution in [2.75, 3.05) is 11.9 Å². The zero-order valence-electron chi connectivity index (χ0n) is 9.51. The van der Waals surface area contributed by atoms with Gasteiger partial charge in [-0.05, 0) is 19.1 Å². The van der Waals surface area contributed by atoms with E-state index in [1.54, 1.807) is 6.20 Å². The molecule has 0 fully saturated rings. The Morgan fingerprint density at radius 1 is 1.31 bits per heavy atom. The quantitative estimate of drug-likeness (QED) is 0.837. The van der Waals surface area contributed by atoms with Crippen molar-refractivity contribution < 1.29 is 0 Å². The average molecular weight is 217 g/mol. The maximum Gasteiger partial charge on any atom is 0.148 e. The first-order valence-corrected chi connectivity index (χ1v) is 5.32. The van der Waals surface area contributed by atoms with E-state index >= 15 is 0 Å². The minimum atomic E-state index is 0.711. The van der Waals surface area contributed by atoms with Crippen LogP contribution in [0.3, 0.4) is 0 Å². The van der Waals surface area contributed by atoms with Crippen molar-refractivity contribution in [3.05, 3.63) is 36.0 Å². The van der Waals surface area contributed by atoms with E-state index < -0.39 is 0 Å². The van der Waals surface area contributed by atoms with Crippen LogP contribution >= 0.6 is 0 Å². The van der Waals surface area contributed by atoms with Crippen LogP contribution in [0.4, 0.5) is 5.82 Å². The van der Waals surface area contributed by atoms with Crippen LogP contribution in [0.15, 0.2) is 24.5 Å². The van der Waals surface area contributed by atoms with Gasteiger partial charge in [-0.2, -0.15) is 5.10 Å². The van der Waals surface area contributed by atoms with Gasteiger partial charge in [-0.25, -0.2) is 4.98 Å². The summed E-state index contributed by atoms with van der Waals surface area (Å²) in [6.07, 6.45) is 4.43. The molecule has 0 bridgehead atoms. The molecule has 0 spiro atoms. The number of anilines is 1. The van der Waals surface area contributed by atoms with Gasteiger partial charge in [0.15, 0.2) is 0 Å². The number of nitrogens with zero attached hydrogens (tertiary/aromatic N) is 4. The zero-order chi connectivity index (χ0) is 11.4. The largest absolute Gasteiger partial charge is 0.369 e. The Labute approximate surface area is 94.5 Å². The first kappa shape index (κ1) is 10.6. The van der Waals surface area contributed by atoms with E-state index in [2.05, 4.69) is 20.5 Å². The van der Waals surface area contributed by atoms with E-state index in [1.807, 2.05) is 36.9 Å². The molecule has 0 aliphatic rings. The van der Waals surface area contributed by atoms with Crippen LogP contribution < -0.4 is 5.32 Å². The summed E-state index contributed by atoms with van der Waals surface area (Å²) in [4.78, 5) is 4.25. The third-order valence-corrected chi connectivity index (χ3v) is 2.34. The van der Waals surface area contributed by atoms with Gasteiger partial charge in [-0.3, -0.25) is 0 Å². The summed E-state index contributed by atoms with van der Waals surface area (Å²) in [5.74, 6) is 1.80. The Balaban J connectivity index is 2.08. The fourth-order valence-corrected chi connectivity index (χ4v) is 1.46. The first-order chi connectivity index (χ1) is 7.79. The summed E-state index contributed by atoms with van der Waals surface area (Å²) in [5.41, 5.74) is 0.927. The molecule has 0 atom stereocenters. The number of aromatic nitrogens is 4. The highest BCUT2D eigenvalue weighted by molar-refractivity contribution is 5.32. The molecule has 2 rings (SSSR count). The zero-order valence-corrected chi connectivity index (χ0v) is 9.51. The Hall–Kier alpha value is -1.91. The monoisotopic (exact) mass is 217 g/mol. The number of imidazole rings is 1. The second kappa shape index (κ2) is 4.74. The van der Waals surface area contributed by atoms with Gasteiger partial charge in [0.25, 0.3) is 0 Å². The fourth-order valence-electron chi connectivity index (χ4n) is 1.46. The van der Waals surface area contributed by atoms with Crippen LogP contribution in [0.5, 0.6) is 0 Å². The van der Waals surface area contributed by atoms with Crippen molar-refractivity contribution >= 4 is 5.82 Å². The van der Waals surface area contributed by atoms with Gasteiger partial charge in [0.2, 0.25) is 0 Å². The summed E-state index contributed by atoms with van der Waals surface area (Å²) < 4.78 is 1.99. The molecule has 5 heteroatoms. The molecule has 1 N–H and O–H groups in total. The summed E-state index contributed by atoms with van der Waals surface area (Å²) in [6.45, 7) is 2.89. The lowest BCUT2D eigenvalue weighted by atomic mass is 10.3. The van der Waals surface area contributed by atoms with Crippen molar-refractivity contribution in [2.24, 2.45) is 7.05 Å². The van der Waals surface area contributed by atoms with Crippen LogP contribution in [0.25, 0.3) is 0 Å². The molecule has 2 heterocycles. The van der Waals surface area contributed by atoms with E-state index in [0.29, 0.717) is 6.42 Å². The van der Waals surface area contributed by atoms with Crippen molar-refractivity contribution in [3.63, 3.8) is 0 Å². The molecule has 0 saturated carbocycles. The maximum atomic E-state index is 4.25. The topological polar surface area (TPSA) is 55.6 Å². The molecule has 5 nitrogen and oxygen atoms in total. The van der Waals surface area contributed by atoms with Crippen molar-refractivity contribution in [1.29, 1.82) is 0 Å². The molecule has 0 amide bonds. The first-order valence-electron chi connectivity index (χ1n) is 5.32. The number of hydrogen-bond donors (Lipinski definition) is 1. The lowest BCUT2D eigenvalue weighted by Gasteiger charge is -2.03. The summed E-state index contributed by atoms with van der Waals surface area (Å²) in [7, 11) is 1.97. The maximum absolute atomic E-state index is 4.25. The molecule has 0 radical (unpaired) electrons. The smallest absolute Gasteiger partial charge is 0.148 e. The summed E-state index contributed by atoms with van der Waals surface area (Å²) in [5, 5.41) is 11.3. The van der Waals surface area contributed by atoms with Gasteiger partial charge in [0.1, 0.15) is 11.6 Å². The van der Waals surface area contributed by atoms with Gasteiger partial charge in [-0.1, -0.05) is 0 Å². The molecular formula is C11H15N5. The van der Waals surface area contributed by atoms with Crippen molar-refractivity contribution in [1.82, 2.24) is 19.7 Å². The Morgan fingerprint density at radius 2 is 2.19 bits per heavy atom. The van der Waals surface area contributed by atoms with Gasteiger partial charge in [0, 0.05) is 26.0 Å². The Morgan fingerprint density at radius 3 is 2.75 bits per heavy atom. The number of rotatable bonds is 4. The van der Waals surface area contributed by atoms with Crippen LogP contribution in [0.1, 0.15) is 18.4 Å². The molecule has 84 valence electrons. The van der Waals surface area contributed by atoms with Gasteiger partial charge >= 0.3 is 0 Å². The third kappa shape index (κ3) is 2.36. The van der Waals surface area contributed by atoms with Gasteiger partial charge in [-0.15, -0.1) is 5.10 Å². The molecular weight excluding hydrogens is 202 g/mol. The van der Waals surface area contributed by atoms with Crippen LogP contribution in [0.2, 0.25) is 0 Å². The van der Waals surface area contributed by atoms with Crippen LogP contribution in [-0.2, 0) is 13.5 Å². The number of aryl methyl sites for hydroxylation is 1. The van der Waals surface area contributed by atoms with Gasteiger partial charge in [0.05, 0.1) is 12.1 Å². The molecule has 0 aliphatic carbocycles. The fraction of sp³-hybridized carbons (Fsp3) is 0.364. The van der Waals surface area contributed by atoms with Crippen LogP contribution in [0, 0.1) is 0 Å². The number of hydrogen-bond acceptors (Lipinski definition) is 4. The molecule has 0 aromatic carbocycles. The van der Waals surface area contributed by atoms with E-state index in [-0.39, 0.29) is 0 Å². The normalized spacial score (nSPS) is 10.4.